The third kappa shape index (κ3) is 3.55. The van der Waals surface area contributed by atoms with Gasteiger partial charge < -0.3 is 5.11 Å². The van der Waals surface area contributed by atoms with Gasteiger partial charge in [0.05, 0.1) is 15.7 Å². The number of carbonyl (C=O) groups excluding carboxylic acids is 1. The maximum Gasteiger partial charge on any atom is 0.261 e. The van der Waals surface area contributed by atoms with E-state index in [1.807, 2.05) is 17.5 Å². The highest BCUT2D eigenvalue weighted by Crippen LogP contribution is 2.29. The van der Waals surface area contributed by atoms with Crippen molar-refractivity contribution in [2.45, 2.75) is 0 Å². The zero-order chi connectivity index (χ0) is 16.4. The smallest absolute Gasteiger partial charge is 0.261 e. The van der Waals surface area contributed by atoms with Crippen LogP contribution in [0.25, 0.3) is 11.3 Å². The molecule has 23 heavy (non-hydrogen) atoms. The van der Waals surface area contributed by atoms with Crippen LogP contribution < -0.4 is 5.32 Å². The Hall–Kier alpha value is -1.89. The first-order valence-electron chi connectivity index (χ1n) is 6.55. The number of hydrogen-bond donors (Lipinski definition) is 2. The van der Waals surface area contributed by atoms with E-state index in [4.69, 9.17) is 11.6 Å². The maximum atomic E-state index is 12.2. The number of aromatic nitrogens is 1. The van der Waals surface area contributed by atoms with Gasteiger partial charge in [-0.2, -0.15) is 0 Å². The van der Waals surface area contributed by atoms with Gasteiger partial charge in [-0.1, -0.05) is 29.8 Å². The summed E-state index contributed by atoms with van der Waals surface area (Å²) in [6, 6.07) is 12.2. The van der Waals surface area contributed by atoms with Crippen LogP contribution >= 0.6 is 38.9 Å². The van der Waals surface area contributed by atoms with E-state index in [0.29, 0.717) is 14.6 Å². The number of nitrogens with zero attached hydrogens (tertiary/aromatic N) is 1. The molecule has 1 heterocycles. The summed E-state index contributed by atoms with van der Waals surface area (Å²) < 4.78 is 0.464. The summed E-state index contributed by atoms with van der Waals surface area (Å²) in [5.41, 5.74) is 1.85. The fourth-order valence-corrected chi connectivity index (χ4v) is 3.15. The van der Waals surface area contributed by atoms with E-state index in [1.165, 1.54) is 11.3 Å². The minimum Gasteiger partial charge on any atom is -0.506 e. The SMILES string of the molecule is O=C(Nc1nc(-c2ccc(Cl)cc2)cs1)c1cccc(Br)c1O. The molecule has 0 saturated heterocycles. The van der Waals surface area contributed by atoms with Gasteiger partial charge in [0.1, 0.15) is 5.75 Å². The minimum atomic E-state index is -0.416. The number of aromatic hydroxyl groups is 1. The van der Waals surface area contributed by atoms with E-state index < -0.39 is 5.91 Å². The van der Waals surface area contributed by atoms with E-state index in [1.54, 1.807) is 30.3 Å². The van der Waals surface area contributed by atoms with E-state index in [2.05, 4.69) is 26.2 Å². The summed E-state index contributed by atoms with van der Waals surface area (Å²) in [7, 11) is 0. The molecular weight excluding hydrogens is 400 g/mol. The van der Waals surface area contributed by atoms with Crippen molar-refractivity contribution in [1.29, 1.82) is 0 Å². The van der Waals surface area contributed by atoms with Crippen molar-refractivity contribution in [3.63, 3.8) is 0 Å². The number of rotatable bonds is 3. The molecule has 116 valence electrons. The monoisotopic (exact) mass is 408 g/mol. The second-order valence-electron chi connectivity index (χ2n) is 4.63. The molecule has 0 saturated carbocycles. The second-order valence-corrected chi connectivity index (χ2v) is 6.78. The lowest BCUT2D eigenvalue weighted by Gasteiger charge is -2.05. The largest absolute Gasteiger partial charge is 0.506 e. The molecule has 0 fully saturated rings. The molecule has 2 N–H and O–H groups in total. The van der Waals surface area contributed by atoms with Gasteiger partial charge in [0.25, 0.3) is 5.91 Å². The summed E-state index contributed by atoms with van der Waals surface area (Å²) >= 11 is 10.4. The number of carbonyl (C=O) groups is 1. The zero-order valence-electron chi connectivity index (χ0n) is 11.6. The molecule has 0 unspecified atom stereocenters. The molecule has 0 bridgehead atoms. The average Bonchev–Trinajstić information content (AvgIpc) is 2.99. The van der Waals surface area contributed by atoms with Crippen molar-refractivity contribution >= 4 is 49.9 Å². The predicted molar refractivity (Wildman–Crippen MR) is 96.3 cm³/mol. The van der Waals surface area contributed by atoms with Crippen LogP contribution in [-0.4, -0.2) is 16.0 Å². The highest BCUT2D eigenvalue weighted by molar-refractivity contribution is 9.10. The number of anilines is 1. The van der Waals surface area contributed by atoms with Gasteiger partial charge >= 0.3 is 0 Å². The van der Waals surface area contributed by atoms with Crippen molar-refractivity contribution < 1.29 is 9.90 Å². The highest BCUT2D eigenvalue weighted by Gasteiger charge is 2.15. The summed E-state index contributed by atoms with van der Waals surface area (Å²) in [6.45, 7) is 0. The Morgan fingerprint density at radius 1 is 1.22 bits per heavy atom. The number of phenolic OH excluding ortho intramolecular Hbond substituents is 1. The van der Waals surface area contributed by atoms with E-state index in [-0.39, 0.29) is 11.3 Å². The van der Waals surface area contributed by atoms with Crippen molar-refractivity contribution in [3.8, 4) is 17.0 Å². The molecule has 1 aromatic heterocycles. The van der Waals surface area contributed by atoms with Crippen LogP contribution in [0.4, 0.5) is 5.13 Å². The lowest BCUT2D eigenvalue weighted by atomic mass is 10.2. The third-order valence-corrected chi connectivity index (χ3v) is 4.75. The molecule has 0 aliphatic carbocycles. The topological polar surface area (TPSA) is 62.2 Å². The molecule has 1 amide bonds. The molecule has 7 heteroatoms. The Balaban J connectivity index is 1.80. The summed E-state index contributed by atoms with van der Waals surface area (Å²) in [6.07, 6.45) is 0. The van der Waals surface area contributed by atoms with Crippen molar-refractivity contribution in [2.75, 3.05) is 5.32 Å². The van der Waals surface area contributed by atoms with Crippen LogP contribution in [-0.2, 0) is 0 Å². The first-order valence-corrected chi connectivity index (χ1v) is 8.60. The maximum absolute atomic E-state index is 12.2. The number of phenols is 1. The third-order valence-electron chi connectivity index (χ3n) is 3.10. The number of thiazole rings is 1. The summed E-state index contributed by atoms with van der Waals surface area (Å²) in [5, 5.41) is 15.6. The van der Waals surface area contributed by atoms with Crippen molar-refractivity contribution in [3.05, 3.63) is 62.9 Å². The van der Waals surface area contributed by atoms with Gasteiger partial charge in [-0.25, -0.2) is 4.98 Å². The first-order chi connectivity index (χ1) is 11.0. The van der Waals surface area contributed by atoms with Gasteiger partial charge in [-0.3, -0.25) is 10.1 Å². The first kappa shape index (κ1) is 16.0. The highest BCUT2D eigenvalue weighted by atomic mass is 79.9. The Kier molecular flexibility index (Phi) is 4.66. The number of halogens is 2. The molecule has 3 aromatic rings. The van der Waals surface area contributed by atoms with Crippen LogP contribution in [0.5, 0.6) is 5.75 Å². The lowest BCUT2D eigenvalue weighted by molar-refractivity contribution is 0.102. The normalized spacial score (nSPS) is 10.5. The molecule has 0 aliphatic heterocycles. The van der Waals surface area contributed by atoms with E-state index >= 15 is 0 Å². The fourth-order valence-electron chi connectivity index (χ4n) is 1.95. The van der Waals surface area contributed by atoms with Gasteiger partial charge in [0.2, 0.25) is 0 Å². The number of amides is 1. The Morgan fingerprint density at radius 2 is 1.96 bits per heavy atom. The molecule has 0 radical (unpaired) electrons. The molecule has 3 rings (SSSR count). The van der Waals surface area contributed by atoms with Crippen LogP contribution in [0.15, 0.2) is 52.3 Å². The number of benzene rings is 2. The summed E-state index contributed by atoms with van der Waals surface area (Å²) in [4.78, 5) is 16.6. The molecule has 2 aromatic carbocycles. The standard InChI is InChI=1S/C16H10BrClN2O2S/c17-12-3-1-2-11(14(12)21)15(22)20-16-19-13(8-23-16)9-4-6-10(18)7-5-9/h1-8,21H,(H,19,20,22). The van der Waals surface area contributed by atoms with Crippen molar-refractivity contribution in [1.82, 2.24) is 4.98 Å². The van der Waals surface area contributed by atoms with Crippen LogP contribution in [0.2, 0.25) is 5.02 Å². The van der Waals surface area contributed by atoms with Crippen molar-refractivity contribution in [2.24, 2.45) is 0 Å². The van der Waals surface area contributed by atoms with Gasteiger partial charge in [0.15, 0.2) is 5.13 Å². The molecular formula is C16H10BrClN2O2S. The molecule has 0 spiro atoms. The Bertz CT molecular complexity index is 865. The molecule has 0 atom stereocenters. The zero-order valence-corrected chi connectivity index (χ0v) is 14.7. The van der Waals surface area contributed by atoms with Crippen LogP contribution in [0.3, 0.4) is 0 Å². The number of nitrogens with one attached hydrogen (secondary N) is 1. The molecule has 4 nitrogen and oxygen atoms in total. The molecule has 0 aliphatic rings. The Morgan fingerprint density at radius 3 is 2.70 bits per heavy atom. The van der Waals surface area contributed by atoms with Gasteiger partial charge in [0, 0.05) is 16.0 Å². The summed E-state index contributed by atoms with van der Waals surface area (Å²) in [5.74, 6) is -0.514. The predicted octanol–water partition coefficient (Wildman–Crippen LogP) is 5.18. The lowest BCUT2D eigenvalue weighted by Crippen LogP contribution is -2.11. The minimum absolute atomic E-state index is 0.0977. The number of para-hydroxylation sites is 1. The quantitative estimate of drug-likeness (QED) is 0.626. The van der Waals surface area contributed by atoms with Gasteiger partial charge in [-0.15, -0.1) is 11.3 Å². The van der Waals surface area contributed by atoms with E-state index in [9.17, 15) is 9.90 Å². The van der Waals surface area contributed by atoms with Gasteiger partial charge in [-0.05, 0) is 40.2 Å². The average molecular weight is 410 g/mol. The van der Waals surface area contributed by atoms with E-state index in [0.717, 1.165) is 11.3 Å². The Labute approximate surface area is 149 Å². The number of hydrogen-bond acceptors (Lipinski definition) is 4. The fraction of sp³-hybridized carbons (Fsp3) is 0. The van der Waals surface area contributed by atoms with Crippen LogP contribution in [0.1, 0.15) is 10.4 Å². The van der Waals surface area contributed by atoms with Crippen LogP contribution in [0, 0.1) is 0 Å². The second kappa shape index (κ2) is 6.70.